The molecule has 2 heterocycles. The molecule has 1 aliphatic heterocycles. The van der Waals surface area contributed by atoms with E-state index < -0.39 is 39.9 Å². The lowest BCUT2D eigenvalue weighted by Gasteiger charge is -2.16. The molecule has 1 aliphatic rings. The minimum Gasteiger partial charge on any atom is -0.454 e. The maximum Gasteiger partial charge on any atom is 0.416 e. The Bertz CT molecular complexity index is 1180. The first-order chi connectivity index (χ1) is 14.9. The number of ether oxygens (including phenoxy) is 1. The van der Waals surface area contributed by atoms with Crippen molar-refractivity contribution in [1.29, 1.82) is 0 Å². The highest BCUT2D eigenvalue weighted by Crippen LogP contribution is 2.30. The maximum atomic E-state index is 12.8. The molecule has 0 N–H and O–H groups in total. The van der Waals surface area contributed by atoms with Gasteiger partial charge in [0.1, 0.15) is 0 Å². The molecule has 10 heteroatoms. The number of ketones is 1. The quantitative estimate of drug-likeness (QED) is 0.364. The van der Waals surface area contributed by atoms with Crippen LogP contribution in [0.15, 0.2) is 36.4 Å². The van der Waals surface area contributed by atoms with Crippen molar-refractivity contribution < 1.29 is 35.9 Å². The van der Waals surface area contributed by atoms with Gasteiger partial charge in [-0.25, -0.2) is 13.2 Å². The summed E-state index contributed by atoms with van der Waals surface area (Å²) in [4.78, 5) is 24.5. The van der Waals surface area contributed by atoms with Crippen LogP contribution >= 0.6 is 0 Å². The third-order valence-corrected chi connectivity index (χ3v) is 7.08. The van der Waals surface area contributed by atoms with Crippen LogP contribution in [0, 0.1) is 13.8 Å². The molecule has 0 saturated carbocycles. The first kappa shape index (κ1) is 23.8. The molecule has 1 aromatic carbocycles. The number of rotatable bonds is 6. The first-order valence-corrected chi connectivity index (χ1v) is 11.6. The molecule has 2 aromatic rings. The molecule has 3 rings (SSSR count). The summed E-state index contributed by atoms with van der Waals surface area (Å²) in [5, 5.41) is 0. The van der Waals surface area contributed by atoms with Crippen LogP contribution in [0.4, 0.5) is 13.2 Å². The first-order valence-electron chi connectivity index (χ1n) is 9.81. The summed E-state index contributed by atoms with van der Waals surface area (Å²) in [5.41, 5.74) is 1.00. The fourth-order valence-electron chi connectivity index (χ4n) is 3.85. The lowest BCUT2D eigenvalue weighted by molar-refractivity contribution is -0.138. The van der Waals surface area contributed by atoms with Crippen molar-refractivity contribution in [2.24, 2.45) is 0 Å². The Morgan fingerprint density at radius 1 is 1.22 bits per heavy atom. The van der Waals surface area contributed by atoms with E-state index in [4.69, 9.17) is 4.74 Å². The van der Waals surface area contributed by atoms with Crippen LogP contribution in [-0.2, 0) is 25.5 Å². The van der Waals surface area contributed by atoms with Crippen LogP contribution in [0.5, 0.6) is 0 Å². The van der Waals surface area contributed by atoms with E-state index in [-0.39, 0.29) is 23.1 Å². The van der Waals surface area contributed by atoms with Gasteiger partial charge < -0.3 is 9.30 Å². The van der Waals surface area contributed by atoms with Crippen molar-refractivity contribution >= 4 is 27.7 Å². The normalized spacial score (nSPS) is 18.2. The van der Waals surface area contributed by atoms with E-state index in [1.54, 1.807) is 19.9 Å². The van der Waals surface area contributed by atoms with E-state index in [9.17, 15) is 31.2 Å². The number of Topliss-reactive ketones (excluding diaryl/α,β-unsaturated/α-hetero) is 1. The third-order valence-electron chi connectivity index (χ3n) is 5.33. The summed E-state index contributed by atoms with van der Waals surface area (Å²) in [6.07, 6.45) is -1.89. The average Bonchev–Trinajstić information content (AvgIpc) is 3.21. The number of alkyl halides is 3. The summed E-state index contributed by atoms with van der Waals surface area (Å²) in [7, 11) is -3.09. The standard InChI is InChI=1S/C22H22F3NO5S/c1-14-10-19(15(2)26(14)18-8-9-32(29,30)13-18)20(27)12-31-21(28)7-6-16-4-3-5-17(11-16)22(23,24)25/h3-7,10-11,18H,8-9,12-13H2,1-2H3/b7-6+. The topological polar surface area (TPSA) is 82.4 Å². The largest absolute Gasteiger partial charge is 0.454 e. The summed E-state index contributed by atoms with van der Waals surface area (Å²) in [6.45, 7) is 2.94. The molecule has 1 atom stereocenters. The number of esters is 1. The summed E-state index contributed by atoms with van der Waals surface area (Å²) in [5.74, 6) is -1.20. The van der Waals surface area contributed by atoms with Gasteiger partial charge in [0.2, 0.25) is 5.78 Å². The van der Waals surface area contributed by atoms with Gasteiger partial charge in [-0.05, 0) is 50.1 Å². The highest BCUT2D eigenvalue weighted by atomic mass is 32.2. The van der Waals surface area contributed by atoms with Gasteiger partial charge in [0.25, 0.3) is 0 Å². The number of sulfone groups is 1. The van der Waals surface area contributed by atoms with E-state index in [0.717, 1.165) is 23.9 Å². The van der Waals surface area contributed by atoms with E-state index in [2.05, 4.69) is 0 Å². The van der Waals surface area contributed by atoms with Crippen molar-refractivity contribution in [3.8, 4) is 0 Å². The van der Waals surface area contributed by atoms with E-state index >= 15 is 0 Å². The highest BCUT2D eigenvalue weighted by molar-refractivity contribution is 7.91. The number of hydrogen-bond donors (Lipinski definition) is 0. The summed E-state index contributed by atoms with van der Waals surface area (Å²) in [6, 6.07) is 5.85. The zero-order chi connectivity index (χ0) is 23.7. The zero-order valence-corrected chi connectivity index (χ0v) is 18.3. The van der Waals surface area contributed by atoms with Crippen molar-refractivity contribution in [2.45, 2.75) is 32.5 Å². The van der Waals surface area contributed by atoms with Crippen LogP contribution in [-0.4, -0.2) is 42.9 Å². The molecular weight excluding hydrogens is 447 g/mol. The van der Waals surface area contributed by atoms with E-state index in [1.807, 2.05) is 4.57 Å². The number of aryl methyl sites for hydroxylation is 1. The lowest BCUT2D eigenvalue weighted by atomic mass is 10.1. The Morgan fingerprint density at radius 2 is 1.94 bits per heavy atom. The van der Waals surface area contributed by atoms with Crippen LogP contribution in [0.1, 0.15) is 45.3 Å². The number of halogens is 3. The summed E-state index contributed by atoms with van der Waals surface area (Å²) < 4.78 is 68.6. The van der Waals surface area contributed by atoms with E-state index in [1.165, 1.54) is 18.2 Å². The number of carbonyl (C=O) groups excluding carboxylic acids is 2. The molecule has 1 fully saturated rings. The molecule has 1 saturated heterocycles. The van der Waals surface area contributed by atoms with Crippen molar-refractivity contribution in [1.82, 2.24) is 4.57 Å². The Hall–Kier alpha value is -2.88. The Balaban J connectivity index is 1.63. The molecule has 1 aromatic heterocycles. The van der Waals surface area contributed by atoms with Crippen molar-refractivity contribution in [3.63, 3.8) is 0 Å². The Kier molecular flexibility index (Phi) is 6.64. The van der Waals surface area contributed by atoms with Crippen molar-refractivity contribution in [3.05, 3.63) is 64.5 Å². The molecule has 6 nitrogen and oxygen atoms in total. The predicted molar refractivity (Wildman–Crippen MR) is 112 cm³/mol. The number of aromatic nitrogens is 1. The van der Waals surface area contributed by atoms with Gasteiger partial charge in [0, 0.05) is 29.1 Å². The average molecular weight is 469 g/mol. The zero-order valence-electron chi connectivity index (χ0n) is 17.5. The lowest BCUT2D eigenvalue weighted by Crippen LogP contribution is -2.16. The molecule has 1 unspecified atom stereocenters. The summed E-state index contributed by atoms with van der Waals surface area (Å²) >= 11 is 0. The molecule has 0 radical (unpaired) electrons. The second-order valence-electron chi connectivity index (χ2n) is 7.70. The van der Waals surface area contributed by atoms with Crippen LogP contribution < -0.4 is 0 Å². The van der Waals surface area contributed by atoms with Crippen molar-refractivity contribution in [2.75, 3.05) is 18.1 Å². The fourth-order valence-corrected chi connectivity index (χ4v) is 5.55. The second-order valence-corrected chi connectivity index (χ2v) is 9.93. The minimum absolute atomic E-state index is 0.0201. The number of carbonyl (C=O) groups is 2. The molecule has 172 valence electrons. The minimum atomic E-state index is -4.49. The van der Waals surface area contributed by atoms with Gasteiger partial charge in [0.05, 0.1) is 17.1 Å². The molecule has 0 amide bonds. The molecule has 32 heavy (non-hydrogen) atoms. The van der Waals surface area contributed by atoms with Gasteiger partial charge in [-0.15, -0.1) is 0 Å². The second kappa shape index (κ2) is 8.93. The van der Waals surface area contributed by atoms with E-state index in [0.29, 0.717) is 17.7 Å². The van der Waals surface area contributed by atoms with Gasteiger partial charge in [0.15, 0.2) is 16.4 Å². The molecule has 0 spiro atoms. The monoisotopic (exact) mass is 469 g/mol. The Morgan fingerprint density at radius 3 is 2.56 bits per heavy atom. The SMILES string of the molecule is Cc1cc(C(=O)COC(=O)/C=C/c2cccc(C(F)(F)F)c2)c(C)n1C1CCS(=O)(=O)C1. The number of nitrogens with zero attached hydrogens (tertiary/aromatic N) is 1. The van der Waals surface area contributed by atoms with Gasteiger partial charge in [-0.2, -0.15) is 13.2 Å². The van der Waals surface area contributed by atoms with Crippen LogP contribution in [0.2, 0.25) is 0 Å². The highest BCUT2D eigenvalue weighted by Gasteiger charge is 2.32. The smallest absolute Gasteiger partial charge is 0.416 e. The van der Waals surface area contributed by atoms with Crippen LogP contribution in [0.25, 0.3) is 6.08 Å². The molecule has 0 bridgehead atoms. The number of benzene rings is 1. The van der Waals surface area contributed by atoms with Gasteiger partial charge in [-0.3, -0.25) is 4.79 Å². The van der Waals surface area contributed by atoms with Gasteiger partial charge >= 0.3 is 12.1 Å². The Labute approximate surface area is 183 Å². The number of hydrogen-bond acceptors (Lipinski definition) is 5. The predicted octanol–water partition coefficient (Wildman–Crippen LogP) is 3.92. The fraction of sp³-hybridized carbons (Fsp3) is 0.364. The third kappa shape index (κ3) is 5.48. The molecular formula is C22H22F3NO5S. The van der Waals surface area contributed by atoms with Gasteiger partial charge in [-0.1, -0.05) is 12.1 Å². The maximum absolute atomic E-state index is 12.8. The molecule has 0 aliphatic carbocycles. The van der Waals surface area contributed by atoms with Crippen LogP contribution in [0.3, 0.4) is 0 Å².